The van der Waals surface area contributed by atoms with Gasteiger partial charge in [0.1, 0.15) is 5.82 Å². The molecular weight excluding hydrogens is 347 g/mol. The van der Waals surface area contributed by atoms with E-state index < -0.39 is 15.8 Å². The highest BCUT2D eigenvalue weighted by Gasteiger charge is 2.17. The molecule has 0 heterocycles. The third-order valence-electron chi connectivity index (χ3n) is 2.66. The third-order valence-corrected chi connectivity index (χ3v) is 4.55. The van der Waals surface area contributed by atoms with Crippen LogP contribution in [-0.4, -0.2) is 8.42 Å². The van der Waals surface area contributed by atoms with Crippen LogP contribution in [0.3, 0.4) is 0 Å². The summed E-state index contributed by atoms with van der Waals surface area (Å²) in [5, 5.41) is 0. The van der Waals surface area contributed by atoms with Crippen molar-refractivity contribution in [2.45, 2.75) is 11.8 Å². The van der Waals surface area contributed by atoms with E-state index in [0.717, 1.165) is 10.5 Å². The van der Waals surface area contributed by atoms with E-state index in [1.54, 1.807) is 24.3 Å². The van der Waals surface area contributed by atoms with Crippen molar-refractivity contribution in [1.82, 2.24) is 0 Å². The fourth-order valence-corrected chi connectivity index (χ4v) is 3.09. The van der Waals surface area contributed by atoms with Crippen molar-refractivity contribution in [3.05, 3.63) is 52.3 Å². The zero-order chi connectivity index (χ0) is 14.9. The summed E-state index contributed by atoms with van der Waals surface area (Å²) >= 11 is 3.26. The summed E-state index contributed by atoms with van der Waals surface area (Å²) in [6.07, 6.45) is 0. The molecule has 7 heteroatoms. The Bertz CT molecular complexity index is 722. The number of halogens is 2. The minimum Gasteiger partial charge on any atom is -0.396 e. The summed E-state index contributed by atoms with van der Waals surface area (Å²) in [4.78, 5) is -0.0724. The first-order valence-corrected chi connectivity index (χ1v) is 7.91. The quantitative estimate of drug-likeness (QED) is 0.827. The van der Waals surface area contributed by atoms with Crippen LogP contribution in [0.4, 0.5) is 15.8 Å². The molecule has 106 valence electrons. The van der Waals surface area contributed by atoms with Gasteiger partial charge in [-0.25, -0.2) is 12.8 Å². The molecule has 0 aromatic heterocycles. The van der Waals surface area contributed by atoms with Gasteiger partial charge in [-0.15, -0.1) is 0 Å². The van der Waals surface area contributed by atoms with Crippen LogP contribution < -0.4 is 10.5 Å². The number of nitrogens with one attached hydrogen (secondary N) is 1. The number of sulfonamides is 1. The largest absolute Gasteiger partial charge is 0.396 e. The highest BCUT2D eigenvalue weighted by molar-refractivity contribution is 9.10. The molecule has 0 amide bonds. The maximum absolute atomic E-state index is 13.4. The van der Waals surface area contributed by atoms with E-state index in [1.807, 2.05) is 0 Å². The van der Waals surface area contributed by atoms with Gasteiger partial charge in [-0.2, -0.15) is 0 Å². The lowest BCUT2D eigenvalue weighted by Gasteiger charge is -2.10. The normalized spacial score (nSPS) is 11.3. The Kier molecular flexibility index (Phi) is 4.01. The molecule has 0 fully saturated rings. The van der Waals surface area contributed by atoms with Crippen LogP contribution in [-0.2, 0) is 10.0 Å². The Balaban J connectivity index is 2.38. The number of hydrogen-bond donors (Lipinski definition) is 2. The Morgan fingerprint density at radius 1 is 1.20 bits per heavy atom. The predicted octanol–water partition coefficient (Wildman–Crippen LogP) is 3.28. The molecule has 0 saturated heterocycles. The van der Waals surface area contributed by atoms with Crippen molar-refractivity contribution in [3.8, 4) is 0 Å². The summed E-state index contributed by atoms with van der Waals surface area (Å²) in [5.74, 6) is -0.604. The minimum absolute atomic E-state index is 0.0724. The number of aryl methyl sites for hydroxylation is 1. The lowest BCUT2D eigenvalue weighted by molar-refractivity contribution is 0.599. The number of benzene rings is 2. The molecule has 2 aromatic carbocycles. The van der Waals surface area contributed by atoms with Crippen LogP contribution in [0.2, 0.25) is 0 Å². The van der Waals surface area contributed by atoms with Crippen LogP contribution >= 0.6 is 15.9 Å². The molecule has 0 spiro atoms. The first-order valence-electron chi connectivity index (χ1n) is 5.63. The fraction of sp³-hybridized carbons (Fsp3) is 0.0769. The van der Waals surface area contributed by atoms with Gasteiger partial charge in [0.2, 0.25) is 0 Å². The highest BCUT2D eigenvalue weighted by Crippen LogP contribution is 2.23. The molecule has 0 aliphatic heterocycles. The standard InChI is InChI=1S/C13H12BrFN2O2S/c1-8-6-11(7-12(16)13(8)15)20(18,19)17-10-4-2-9(14)3-5-10/h2-7,17H,16H2,1H3. The van der Waals surface area contributed by atoms with Gasteiger partial charge in [-0.1, -0.05) is 15.9 Å². The smallest absolute Gasteiger partial charge is 0.261 e. The number of nitrogen functional groups attached to an aromatic ring is 1. The maximum Gasteiger partial charge on any atom is 0.261 e. The van der Waals surface area contributed by atoms with Crippen LogP contribution in [0.1, 0.15) is 5.56 Å². The molecule has 0 aliphatic rings. The number of nitrogens with two attached hydrogens (primary N) is 1. The first-order chi connectivity index (χ1) is 9.29. The van der Waals surface area contributed by atoms with Gasteiger partial charge in [0.15, 0.2) is 0 Å². The first kappa shape index (κ1) is 14.8. The van der Waals surface area contributed by atoms with E-state index in [2.05, 4.69) is 20.7 Å². The molecule has 0 aliphatic carbocycles. The van der Waals surface area contributed by atoms with E-state index in [1.165, 1.54) is 13.0 Å². The third kappa shape index (κ3) is 3.10. The van der Waals surface area contributed by atoms with E-state index in [-0.39, 0.29) is 16.1 Å². The Hall–Kier alpha value is -1.60. The van der Waals surface area contributed by atoms with Gasteiger partial charge >= 0.3 is 0 Å². The fourth-order valence-electron chi connectivity index (χ4n) is 1.65. The van der Waals surface area contributed by atoms with Gasteiger partial charge in [0.25, 0.3) is 10.0 Å². The van der Waals surface area contributed by atoms with E-state index in [4.69, 9.17) is 5.73 Å². The van der Waals surface area contributed by atoms with Crippen LogP contribution in [0.25, 0.3) is 0 Å². The monoisotopic (exact) mass is 358 g/mol. The molecular formula is C13H12BrFN2O2S. The second-order valence-corrected chi connectivity index (χ2v) is 6.85. The summed E-state index contributed by atoms with van der Waals surface area (Å²) < 4.78 is 41.1. The Morgan fingerprint density at radius 2 is 1.80 bits per heavy atom. The molecule has 4 nitrogen and oxygen atoms in total. The molecule has 0 atom stereocenters. The minimum atomic E-state index is -3.80. The molecule has 3 N–H and O–H groups in total. The van der Waals surface area contributed by atoms with Gasteiger partial charge in [0, 0.05) is 10.2 Å². The molecule has 0 bridgehead atoms. The molecule has 2 aromatic rings. The van der Waals surface area contributed by atoms with E-state index in [9.17, 15) is 12.8 Å². The predicted molar refractivity (Wildman–Crippen MR) is 80.5 cm³/mol. The summed E-state index contributed by atoms with van der Waals surface area (Å²) in [6, 6.07) is 8.99. The summed E-state index contributed by atoms with van der Waals surface area (Å²) in [5.41, 5.74) is 5.86. The number of rotatable bonds is 3. The molecule has 0 unspecified atom stereocenters. The van der Waals surface area contributed by atoms with Gasteiger partial charge < -0.3 is 5.73 Å². The Labute approximate surface area is 125 Å². The summed E-state index contributed by atoms with van der Waals surface area (Å²) in [7, 11) is -3.80. The maximum atomic E-state index is 13.4. The van der Waals surface area contributed by atoms with E-state index >= 15 is 0 Å². The van der Waals surface area contributed by atoms with Crippen LogP contribution in [0, 0.1) is 12.7 Å². The van der Waals surface area contributed by atoms with Gasteiger partial charge in [-0.3, -0.25) is 4.72 Å². The van der Waals surface area contributed by atoms with Crippen molar-refractivity contribution in [1.29, 1.82) is 0 Å². The zero-order valence-electron chi connectivity index (χ0n) is 10.5. The lowest BCUT2D eigenvalue weighted by Crippen LogP contribution is -2.14. The average Bonchev–Trinajstić information content (AvgIpc) is 2.38. The van der Waals surface area contributed by atoms with Crippen molar-refractivity contribution >= 4 is 37.3 Å². The average molecular weight is 359 g/mol. The van der Waals surface area contributed by atoms with Gasteiger partial charge in [-0.05, 0) is 48.9 Å². The zero-order valence-corrected chi connectivity index (χ0v) is 12.9. The molecule has 0 radical (unpaired) electrons. The van der Waals surface area contributed by atoms with Crippen molar-refractivity contribution in [2.24, 2.45) is 0 Å². The van der Waals surface area contributed by atoms with Crippen molar-refractivity contribution < 1.29 is 12.8 Å². The number of hydrogen-bond acceptors (Lipinski definition) is 3. The molecule has 20 heavy (non-hydrogen) atoms. The van der Waals surface area contributed by atoms with Gasteiger partial charge in [0.05, 0.1) is 10.6 Å². The Morgan fingerprint density at radius 3 is 2.35 bits per heavy atom. The summed E-state index contributed by atoms with van der Waals surface area (Å²) in [6.45, 7) is 1.46. The lowest BCUT2D eigenvalue weighted by atomic mass is 10.2. The van der Waals surface area contributed by atoms with Crippen LogP contribution in [0.5, 0.6) is 0 Å². The molecule has 0 saturated carbocycles. The molecule has 2 rings (SSSR count). The van der Waals surface area contributed by atoms with E-state index in [0.29, 0.717) is 5.69 Å². The topological polar surface area (TPSA) is 72.2 Å². The SMILES string of the molecule is Cc1cc(S(=O)(=O)Nc2ccc(Br)cc2)cc(N)c1F. The number of anilines is 2. The highest BCUT2D eigenvalue weighted by atomic mass is 79.9. The van der Waals surface area contributed by atoms with Crippen molar-refractivity contribution in [2.75, 3.05) is 10.5 Å². The second kappa shape index (κ2) is 5.41. The van der Waals surface area contributed by atoms with Crippen LogP contribution in [0.15, 0.2) is 45.8 Å². The second-order valence-electron chi connectivity index (χ2n) is 4.26. The van der Waals surface area contributed by atoms with Crippen molar-refractivity contribution in [3.63, 3.8) is 0 Å².